The normalized spacial score (nSPS) is 24.4. The second kappa shape index (κ2) is 9.06. The van der Waals surface area contributed by atoms with Gasteiger partial charge in [-0.05, 0) is 47.8 Å². The summed E-state index contributed by atoms with van der Waals surface area (Å²) in [5.74, 6) is -0.527. The van der Waals surface area contributed by atoms with E-state index < -0.39 is 5.97 Å². The average molecular weight is 494 g/mol. The van der Waals surface area contributed by atoms with Gasteiger partial charge in [-0.2, -0.15) is 0 Å². The van der Waals surface area contributed by atoms with Gasteiger partial charge in [0.15, 0.2) is 10.4 Å². The number of amides is 2. The first-order valence-electron chi connectivity index (χ1n) is 10.9. The highest BCUT2D eigenvalue weighted by molar-refractivity contribution is 9.10. The first-order valence-corrected chi connectivity index (χ1v) is 11.7. The lowest BCUT2D eigenvalue weighted by Gasteiger charge is -2.48. The number of furan rings is 1. The fourth-order valence-corrected chi connectivity index (χ4v) is 5.35. The van der Waals surface area contributed by atoms with E-state index in [2.05, 4.69) is 20.8 Å². The minimum Gasteiger partial charge on any atom is -0.462 e. The molecule has 1 saturated heterocycles. The van der Waals surface area contributed by atoms with Crippen LogP contribution in [0.2, 0.25) is 0 Å². The van der Waals surface area contributed by atoms with Gasteiger partial charge in [-0.1, -0.05) is 12.8 Å². The number of carbonyl (C=O) groups excluding carboxylic acids is 3. The van der Waals surface area contributed by atoms with Crippen LogP contribution in [0.1, 0.15) is 43.2 Å². The molecule has 2 fully saturated rings. The van der Waals surface area contributed by atoms with Crippen molar-refractivity contribution in [1.29, 1.82) is 0 Å². The Morgan fingerprint density at radius 3 is 2.52 bits per heavy atom. The first-order chi connectivity index (χ1) is 14.9. The highest BCUT2D eigenvalue weighted by Gasteiger charge is 2.46. The molecular formula is C22H28BrN3O5. The van der Waals surface area contributed by atoms with Gasteiger partial charge in [0.25, 0.3) is 11.8 Å². The number of likely N-dealkylation sites (N-methyl/N-ethyl adjacent to an activating group) is 1. The first kappa shape index (κ1) is 21.9. The van der Waals surface area contributed by atoms with Gasteiger partial charge in [0, 0.05) is 50.9 Å². The summed E-state index contributed by atoms with van der Waals surface area (Å²) in [6.45, 7) is 4.09. The van der Waals surface area contributed by atoms with Gasteiger partial charge in [-0.25, -0.2) is 4.79 Å². The molecule has 2 aliphatic heterocycles. The predicted molar refractivity (Wildman–Crippen MR) is 116 cm³/mol. The monoisotopic (exact) mass is 493 g/mol. The van der Waals surface area contributed by atoms with Gasteiger partial charge in [0.2, 0.25) is 0 Å². The number of halogens is 1. The Balaban J connectivity index is 1.59. The summed E-state index contributed by atoms with van der Waals surface area (Å²) in [5.41, 5.74) is 0.987. The zero-order valence-electron chi connectivity index (χ0n) is 17.9. The largest absolute Gasteiger partial charge is 0.462 e. The summed E-state index contributed by atoms with van der Waals surface area (Å²) >= 11 is 3.23. The maximum absolute atomic E-state index is 13.2. The van der Waals surface area contributed by atoms with Crippen molar-refractivity contribution in [2.45, 2.75) is 38.6 Å². The molecule has 3 heterocycles. The van der Waals surface area contributed by atoms with Crippen molar-refractivity contribution in [3.05, 3.63) is 33.8 Å². The van der Waals surface area contributed by atoms with Crippen molar-refractivity contribution in [1.82, 2.24) is 14.7 Å². The third-order valence-electron chi connectivity index (χ3n) is 6.54. The number of ether oxygens (including phenoxy) is 1. The summed E-state index contributed by atoms with van der Waals surface area (Å²) in [6.07, 6.45) is 4.05. The maximum atomic E-state index is 13.2. The number of esters is 1. The van der Waals surface area contributed by atoms with Gasteiger partial charge in [0.05, 0.1) is 6.61 Å². The molecule has 4 rings (SSSR count). The lowest BCUT2D eigenvalue weighted by molar-refractivity contribution is -0.144. The van der Waals surface area contributed by atoms with E-state index in [4.69, 9.17) is 9.15 Å². The molecule has 2 unspecified atom stereocenters. The van der Waals surface area contributed by atoms with Crippen molar-refractivity contribution in [3.63, 3.8) is 0 Å². The van der Waals surface area contributed by atoms with Crippen molar-refractivity contribution >= 4 is 33.7 Å². The van der Waals surface area contributed by atoms with Gasteiger partial charge >= 0.3 is 5.97 Å². The van der Waals surface area contributed by atoms with Crippen LogP contribution in [0.4, 0.5) is 0 Å². The van der Waals surface area contributed by atoms with Crippen LogP contribution in [0.25, 0.3) is 0 Å². The molecule has 0 spiro atoms. The van der Waals surface area contributed by atoms with Gasteiger partial charge in [-0.3, -0.25) is 9.59 Å². The van der Waals surface area contributed by atoms with Crippen LogP contribution >= 0.6 is 15.9 Å². The molecule has 0 aromatic carbocycles. The van der Waals surface area contributed by atoms with Crippen molar-refractivity contribution < 1.29 is 23.5 Å². The Labute approximate surface area is 190 Å². The third kappa shape index (κ3) is 4.12. The van der Waals surface area contributed by atoms with Crippen LogP contribution in [0.15, 0.2) is 32.5 Å². The topological polar surface area (TPSA) is 83.3 Å². The van der Waals surface area contributed by atoms with E-state index in [1.165, 1.54) is 0 Å². The average Bonchev–Trinajstić information content (AvgIpc) is 3.22. The summed E-state index contributed by atoms with van der Waals surface area (Å²) in [5, 5.41) is 0. The molecule has 168 valence electrons. The Morgan fingerprint density at radius 1 is 1.16 bits per heavy atom. The van der Waals surface area contributed by atoms with E-state index in [-0.39, 0.29) is 36.0 Å². The molecule has 31 heavy (non-hydrogen) atoms. The number of fused-ring (bicyclic) bond motifs is 1. The molecule has 0 N–H and O–H groups in total. The second-order valence-electron chi connectivity index (χ2n) is 8.24. The van der Waals surface area contributed by atoms with Crippen molar-refractivity contribution in [2.24, 2.45) is 5.92 Å². The number of hydrogen-bond acceptors (Lipinski definition) is 6. The molecule has 1 aliphatic carbocycles. The van der Waals surface area contributed by atoms with E-state index in [1.807, 2.05) is 0 Å². The van der Waals surface area contributed by atoms with E-state index in [9.17, 15) is 14.4 Å². The van der Waals surface area contributed by atoms with Crippen LogP contribution in [0, 0.1) is 5.92 Å². The number of nitrogens with zero attached hydrogens (tertiary/aromatic N) is 3. The molecule has 1 saturated carbocycles. The molecule has 2 atom stereocenters. The highest BCUT2D eigenvalue weighted by atomic mass is 79.9. The summed E-state index contributed by atoms with van der Waals surface area (Å²) in [7, 11) is 1.79. The quantitative estimate of drug-likeness (QED) is 0.473. The Bertz CT molecular complexity index is 903. The zero-order valence-corrected chi connectivity index (χ0v) is 19.5. The van der Waals surface area contributed by atoms with Crippen LogP contribution in [0.5, 0.6) is 0 Å². The lowest BCUT2D eigenvalue weighted by Crippen LogP contribution is -2.56. The van der Waals surface area contributed by atoms with Crippen LogP contribution in [-0.2, 0) is 14.3 Å². The number of hydrogen-bond donors (Lipinski definition) is 0. The van der Waals surface area contributed by atoms with Crippen molar-refractivity contribution in [3.8, 4) is 0 Å². The highest BCUT2D eigenvalue weighted by Crippen LogP contribution is 2.40. The molecule has 8 nitrogen and oxygen atoms in total. The zero-order chi connectivity index (χ0) is 22.1. The molecule has 1 aromatic rings. The van der Waals surface area contributed by atoms with Crippen molar-refractivity contribution in [2.75, 3.05) is 39.8 Å². The predicted octanol–water partition coefficient (Wildman–Crippen LogP) is 2.65. The summed E-state index contributed by atoms with van der Waals surface area (Å²) in [6, 6.07) is 3.46. The van der Waals surface area contributed by atoms with Crippen LogP contribution in [-0.4, -0.2) is 78.4 Å². The number of rotatable bonds is 4. The Kier molecular flexibility index (Phi) is 6.41. The minimum atomic E-state index is -0.544. The summed E-state index contributed by atoms with van der Waals surface area (Å²) in [4.78, 5) is 44.3. The van der Waals surface area contributed by atoms with Gasteiger partial charge in [-0.15, -0.1) is 0 Å². The fraction of sp³-hybridized carbons (Fsp3) is 0.591. The SMILES string of the molecule is CCOC(=O)C1=C(N2CCN(C(=O)c3ccc(Br)o3)CC2)C2CCCCC2N(C)C1=O. The molecular weight excluding hydrogens is 466 g/mol. The fourth-order valence-electron chi connectivity index (χ4n) is 5.04. The van der Waals surface area contributed by atoms with Crippen LogP contribution in [0.3, 0.4) is 0 Å². The standard InChI is InChI=1S/C22H28BrN3O5/c1-3-30-22(29)18-19(14-6-4-5-7-15(14)24(2)21(18)28)25-10-12-26(13-11-25)20(27)16-8-9-17(23)31-16/h8-9,14-15H,3-7,10-13H2,1-2H3. The third-order valence-corrected chi connectivity index (χ3v) is 6.97. The molecule has 0 bridgehead atoms. The van der Waals surface area contributed by atoms with E-state index in [0.29, 0.717) is 36.6 Å². The molecule has 2 amide bonds. The second-order valence-corrected chi connectivity index (χ2v) is 9.02. The molecule has 1 aromatic heterocycles. The Morgan fingerprint density at radius 2 is 1.87 bits per heavy atom. The Hall–Kier alpha value is -2.29. The smallest absolute Gasteiger partial charge is 0.345 e. The van der Waals surface area contributed by atoms with E-state index in [1.54, 1.807) is 35.9 Å². The maximum Gasteiger partial charge on any atom is 0.345 e. The molecule has 0 radical (unpaired) electrons. The van der Waals surface area contributed by atoms with Gasteiger partial charge < -0.3 is 23.9 Å². The minimum absolute atomic E-state index is 0.106. The summed E-state index contributed by atoms with van der Waals surface area (Å²) < 4.78 is 11.2. The molecule has 3 aliphatic rings. The lowest BCUT2D eigenvalue weighted by atomic mass is 9.76. The number of piperazine rings is 1. The van der Waals surface area contributed by atoms with E-state index in [0.717, 1.165) is 31.4 Å². The number of carbonyl (C=O) groups is 3. The van der Waals surface area contributed by atoms with Crippen LogP contribution < -0.4 is 0 Å². The molecule has 9 heteroatoms. The van der Waals surface area contributed by atoms with Gasteiger partial charge in [0.1, 0.15) is 5.57 Å². The van der Waals surface area contributed by atoms with E-state index >= 15 is 0 Å².